The molecular formula is C16H18O. The van der Waals surface area contributed by atoms with Crippen molar-refractivity contribution in [3.63, 3.8) is 0 Å². The summed E-state index contributed by atoms with van der Waals surface area (Å²) in [6, 6.07) is 7.88. The molecule has 0 aliphatic heterocycles. The van der Waals surface area contributed by atoms with E-state index in [0.29, 0.717) is 11.7 Å². The normalized spacial score (nSPS) is 42.0. The number of rotatable bonds is 1. The molecule has 5 atom stereocenters. The van der Waals surface area contributed by atoms with Crippen molar-refractivity contribution in [2.75, 3.05) is 0 Å². The summed E-state index contributed by atoms with van der Waals surface area (Å²) in [7, 11) is 0. The van der Waals surface area contributed by atoms with E-state index < -0.39 is 0 Å². The van der Waals surface area contributed by atoms with Crippen LogP contribution in [0.3, 0.4) is 0 Å². The van der Waals surface area contributed by atoms with Crippen LogP contribution in [0.25, 0.3) is 0 Å². The largest absolute Gasteiger partial charge is 0.508 e. The number of benzene rings is 1. The predicted octanol–water partition coefficient (Wildman–Crippen LogP) is 3.71. The quantitative estimate of drug-likeness (QED) is 0.724. The highest BCUT2D eigenvalue weighted by atomic mass is 16.3. The smallest absolute Gasteiger partial charge is 0.119 e. The van der Waals surface area contributed by atoms with Crippen LogP contribution in [0.2, 0.25) is 0 Å². The molecule has 3 aliphatic rings. The molecule has 3 aliphatic carbocycles. The van der Waals surface area contributed by atoms with Crippen molar-refractivity contribution >= 4 is 0 Å². The fraction of sp³-hybridized carbons (Fsp3) is 0.500. The van der Waals surface area contributed by atoms with Gasteiger partial charge in [0.25, 0.3) is 0 Å². The van der Waals surface area contributed by atoms with Crippen molar-refractivity contribution < 1.29 is 5.11 Å². The van der Waals surface area contributed by atoms with E-state index in [1.807, 2.05) is 18.2 Å². The summed E-state index contributed by atoms with van der Waals surface area (Å²) in [5, 5.41) is 10.0. The molecule has 17 heavy (non-hydrogen) atoms. The molecular weight excluding hydrogens is 208 g/mol. The molecule has 2 saturated carbocycles. The Labute approximate surface area is 102 Å². The maximum atomic E-state index is 10.0. The van der Waals surface area contributed by atoms with Gasteiger partial charge in [-0.15, -0.1) is 0 Å². The van der Waals surface area contributed by atoms with Crippen LogP contribution >= 0.6 is 0 Å². The van der Waals surface area contributed by atoms with Crippen LogP contribution in [-0.4, -0.2) is 5.11 Å². The Bertz CT molecular complexity index is 476. The number of hydrogen-bond donors (Lipinski definition) is 1. The first-order valence-corrected chi connectivity index (χ1v) is 6.81. The van der Waals surface area contributed by atoms with E-state index in [-0.39, 0.29) is 0 Å². The summed E-state index contributed by atoms with van der Waals surface area (Å²) in [5.74, 6) is 4.38. The molecule has 0 spiro atoms. The zero-order valence-electron chi connectivity index (χ0n) is 9.92. The van der Waals surface area contributed by atoms with Gasteiger partial charge < -0.3 is 5.11 Å². The second kappa shape index (κ2) is 3.38. The number of para-hydroxylation sites is 1. The summed E-state index contributed by atoms with van der Waals surface area (Å²) in [6.07, 6.45) is 9.07. The lowest BCUT2D eigenvalue weighted by molar-refractivity contribution is 0.261. The van der Waals surface area contributed by atoms with Crippen LogP contribution in [0.15, 0.2) is 36.4 Å². The second-order valence-corrected chi connectivity index (χ2v) is 5.96. The van der Waals surface area contributed by atoms with Gasteiger partial charge in [0.15, 0.2) is 0 Å². The molecule has 0 amide bonds. The molecule has 0 aromatic heterocycles. The van der Waals surface area contributed by atoms with Crippen LogP contribution in [0.1, 0.15) is 30.7 Å². The third-order valence-corrected chi connectivity index (χ3v) is 5.30. The van der Waals surface area contributed by atoms with Crippen molar-refractivity contribution in [3.05, 3.63) is 42.0 Å². The van der Waals surface area contributed by atoms with E-state index in [1.54, 1.807) is 0 Å². The molecule has 4 rings (SSSR count). The van der Waals surface area contributed by atoms with Crippen LogP contribution in [0, 0.1) is 23.7 Å². The highest BCUT2D eigenvalue weighted by Crippen LogP contribution is 2.60. The lowest BCUT2D eigenvalue weighted by atomic mass is 9.75. The summed E-state index contributed by atoms with van der Waals surface area (Å²) in [5.41, 5.74) is 1.14. The highest BCUT2D eigenvalue weighted by molar-refractivity contribution is 5.40. The number of allylic oxidation sites excluding steroid dienone is 2. The monoisotopic (exact) mass is 226 g/mol. The van der Waals surface area contributed by atoms with Gasteiger partial charge in [-0.1, -0.05) is 30.4 Å². The molecule has 2 fully saturated rings. The van der Waals surface area contributed by atoms with Gasteiger partial charge >= 0.3 is 0 Å². The molecule has 2 bridgehead atoms. The third-order valence-electron chi connectivity index (χ3n) is 5.30. The Hall–Kier alpha value is -1.24. The number of aromatic hydroxyl groups is 1. The van der Waals surface area contributed by atoms with Gasteiger partial charge in [0.2, 0.25) is 0 Å². The second-order valence-electron chi connectivity index (χ2n) is 5.96. The van der Waals surface area contributed by atoms with E-state index >= 15 is 0 Å². The van der Waals surface area contributed by atoms with E-state index in [9.17, 15) is 5.11 Å². The maximum Gasteiger partial charge on any atom is 0.119 e. The zero-order chi connectivity index (χ0) is 11.4. The summed E-state index contributed by atoms with van der Waals surface area (Å²) < 4.78 is 0. The van der Waals surface area contributed by atoms with Gasteiger partial charge in [0.1, 0.15) is 5.75 Å². The average molecular weight is 226 g/mol. The molecule has 0 radical (unpaired) electrons. The van der Waals surface area contributed by atoms with Crippen molar-refractivity contribution in [1.29, 1.82) is 0 Å². The number of hydrogen-bond acceptors (Lipinski definition) is 1. The molecule has 0 heterocycles. The minimum absolute atomic E-state index is 0.469. The standard InChI is InChI=1S/C16H18O/c17-15-4-2-1-3-13(15)14-8-7-12-10-5-6-11(9-10)16(12)14/h1-4,7-8,10-12,14,16-17H,5-6,9H2/t10-,11+,12-,14-,16+/m0/s1. The first-order valence-electron chi connectivity index (χ1n) is 6.81. The number of phenolic OH excluding ortho intramolecular Hbond substituents is 1. The van der Waals surface area contributed by atoms with Gasteiger partial charge in [-0.25, -0.2) is 0 Å². The zero-order valence-corrected chi connectivity index (χ0v) is 9.92. The fourth-order valence-electron chi connectivity index (χ4n) is 4.66. The first-order chi connectivity index (χ1) is 8.34. The molecule has 0 unspecified atom stereocenters. The van der Waals surface area contributed by atoms with Crippen LogP contribution in [-0.2, 0) is 0 Å². The molecule has 88 valence electrons. The highest BCUT2D eigenvalue weighted by Gasteiger charge is 2.51. The molecule has 1 aromatic rings. The van der Waals surface area contributed by atoms with Crippen LogP contribution < -0.4 is 0 Å². The fourth-order valence-corrected chi connectivity index (χ4v) is 4.66. The summed E-state index contributed by atoms with van der Waals surface area (Å²) in [4.78, 5) is 0. The minimum atomic E-state index is 0.469. The topological polar surface area (TPSA) is 20.2 Å². The van der Waals surface area contributed by atoms with Gasteiger partial charge in [0, 0.05) is 11.5 Å². The summed E-state index contributed by atoms with van der Waals surface area (Å²) in [6.45, 7) is 0. The Morgan fingerprint density at radius 2 is 1.82 bits per heavy atom. The Balaban J connectivity index is 1.73. The van der Waals surface area contributed by atoms with Crippen molar-refractivity contribution in [2.45, 2.75) is 25.2 Å². The summed E-state index contributed by atoms with van der Waals surface area (Å²) >= 11 is 0. The first kappa shape index (κ1) is 9.76. The lowest BCUT2D eigenvalue weighted by Gasteiger charge is -2.29. The Morgan fingerprint density at radius 1 is 1.00 bits per heavy atom. The molecule has 1 heteroatoms. The van der Waals surface area contributed by atoms with Gasteiger partial charge in [-0.05, 0) is 49.0 Å². The van der Waals surface area contributed by atoms with E-state index in [0.717, 1.165) is 29.2 Å². The average Bonchev–Trinajstić information content (AvgIpc) is 3.02. The van der Waals surface area contributed by atoms with E-state index in [2.05, 4.69) is 18.2 Å². The number of phenols is 1. The molecule has 0 saturated heterocycles. The predicted molar refractivity (Wildman–Crippen MR) is 67.8 cm³/mol. The van der Waals surface area contributed by atoms with Gasteiger partial charge in [-0.2, -0.15) is 0 Å². The maximum absolute atomic E-state index is 10.0. The van der Waals surface area contributed by atoms with Crippen LogP contribution in [0.5, 0.6) is 5.75 Å². The van der Waals surface area contributed by atoms with Crippen LogP contribution in [0.4, 0.5) is 0 Å². The van der Waals surface area contributed by atoms with Crippen molar-refractivity contribution in [2.24, 2.45) is 23.7 Å². The SMILES string of the molecule is Oc1ccccc1[C@@H]1C=C[C@H]2[C@H]3CC[C@H](C3)[C@H]21. The molecule has 1 nitrogen and oxygen atoms in total. The molecule has 1 N–H and O–H groups in total. The van der Waals surface area contributed by atoms with E-state index in [1.165, 1.54) is 19.3 Å². The van der Waals surface area contributed by atoms with Crippen molar-refractivity contribution in [3.8, 4) is 5.75 Å². The third kappa shape index (κ3) is 1.25. The Morgan fingerprint density at radius 3 is 2.71 bits per heavy atom. The van der Waals surface area contributed by atoms with Gasteiger partial charge in [0.05, 0.1) is 0 Å². The molecule has 1 aromatic carbocycles. The van der Waals surface area contributed by atoms with E-state index in [4.69, 9.17) is 0 Å². The Kier molecular flexibility index (Phi) is 1.94. The number of fused-ring (bicyclic) bond motifs is 5. The van der Waals surface area contributed by atoms with Crippen molar-refractivity contribution in [1.82, 2.24) is 0 Å². The van der Waals surface area contributed by atoms with Gasteiger partial charge in [-0.3, -0.25) is 0 Å². The lowest BCUT2D eigenvalue weighted by Crippen LogP contribution is -2.21. The minimum Gasteiger partial charge on any atom is -0.508 e.